The van der Waals surface area contributed by atoms with Crippen molar-refractivity contribution in [2.24, 2.45) is 5.92 Å². The van der Waals surface area contributed by atoms with Crippen LogP contribution < -0.4 is 10.6 Å². The van der Waals surface area contributed by atoms with Gasteiger partial charge in [0.2, 0.25) is 5.82 Å². The molecular formula is C13H20Cl2N6O. The SMILES string of the molecule is Cc1ccnc2nc(C(=O)NC3CNCCC3C)nn12.Cl.Cl. The predicted molar refractivity (Wildman–Crippen MR) is 87.9 cm³/mol. The van der Waals surface area contributed by atoms with Gasteiger partial charge in [-0.15, -0.1) is 29.9 Å². The van der Waals surface area contributed by atoms with Gasteiger partial charge in [0, 0.05) is 24.5 Å². The molecule has 0 spiro atoms. The van der Waals surface area contributed by atoms with Crippen LogP contribution in [0.25, 0.3) is 5.78 Å². The quantitative estimate of drug-likeness (QED) is 0.847. The van der Waals surface area contributed by atoms with E-state index in [-0.39, 0.29) is 42.6 Å². The van der Waals surface area contributed by atoms with Gasteiger partial charge in [0.25, 0.3) is 11.7 Å². The Morgan fingerprint density at radius 3 is 2.91 bits per heavy atom. The summed E-state index contributed by atoms with van der Waals surface area (Å²) in [6.45, 7) is 5.84. The van der Waals surface area contributed by atoms with Crippen LogP contribution in [-0.2, 0) is 0 Å². The third-order valence-electron chi connectivity index (χ3n) is 3.78. The fourth-order valence-corrected chi connectivity index (χ4v) is 2.42. The highest BCUT2D eigenvalue weighted by Crippen LogP contribution is 2.11. The molecular weight excluding hydrogens is 327 g/mol. The number of aryl methyl sites for hydroxylation is 1. The highest BCUT2D eigenvalue weighted by atomic mass is 35.5. The largest absolute Gasteiger partial charge is 0.345 e. The predicted octanol–water partition coefficient (Wildman–Crippen LogP) is 1.00. The first-order chi connectivity index (χ1) is 9.65. The van der Waals surface area contributed by atoms with E-state index in [1.165, 1.54) is 0 Å². The summed E-state index contributed by atoms with van der Waals surface area (Å²) in [7, 11) is 0. The number of amides is 1. The molecule has 122 valence electrons. The lowest BCUT2D eigenvalue weighted by Gasteiger charge is -2.29. The van der Waals surface area contributed by atoms with Gasteiger partial charge in [0.05, 0.1) is 0 Å². The Labute approximate surface area is 141 Å². The summed E-state index contributed by atoms with van der Waals surface area (Å²) < 4.78 is 1.58. The first-order valence-electron chi connectivity index (χ1n) is 6.85. The zero-order chi connectivity index (χ0) is 14.1. The van der Waals surface area contributed by atoms with Gasteiger partial charge in [-0.05, 0) is 31.9 Å². The average Bonchev–Trinajstić information content (AvgIpc) is 2.87. The first kappa shape index (κ1) is 18.6. The summed E-state index contributed by atoms with van der Waals surface area (Å²) in [6.07, 6.45) is 2.72. The molecule has 3 heterocycles. The van der Waals surface area contributed by atoms with Crippen molar-refractivity contribution in [2.45, 2.75) is 26.3 Å². The number of carbonyl (C=O) groups is 1. The summed E-state index contributed by atoms with van der Waals surface area (Å²) >= 11 is 0. The van der Waals surface area contributed by atoms with E-state index in [4.69, 9.17) is 0 Å². The Morgan fingerprint density at radius 1 is 1.45 bits per heavy atom. The highest BCUT2D eigenvalue weighted by molar-refractivity contribution is 5.91. The highest BCUT2D eigenvalue weighted by Gasteiger charge is 2.24. The van der Waals surface area contributed by atoms with Gasteiger partial charge in [-0.3, -0.25) is 4.79 Å². The summed E-state index contributed by atoms with van der Waals surface area (Å²) in [6, 6.07) is 1.95. The smallest absolute Gasteiger partial charge is 0.291 e. The molecule has 2 atom stereocenters. The van der Waals surface area contributed by atoms with Crippen LogP contribution in [0.3, 0.4) is 0 Å². The molecule has 0 aliphatic carbocycles. The minimum absolute atomic E-state index is 0. The lowest BCUT2D eigenvalue weighted by atomic mass is 9.95. The Bertz CT molecular complexity index is 646. The van der Waals surface area contributed by atoms with Gasteiger partial charge in [0.1, 0.15) is 0 Å². The Balaban J connectivity index is 0.00000121. The normalized spacial score (nSPS) is 20.8. The fraction of sp³-hybridized carbons (Fsp3) is 0.538. The van der Waals surface area contributed by atoms with Gasteiger partial charge >= 0.3 is 0 Å². The maximum atomic E-state index is 12.2. The number of hydrogen-bond acceptors (Lipinski definition) is 5. The van der Waals surface area contributed by atoms with Crippen molar-refractivity contribution in [1.29, 1.82) is 0 Å². The van der Waals surface area contributed by atoms with E-state index in [1.54, 1.807) is 10.7 Å². The number of nitrogens with zero attached hydrogens (tertiary/aromatic N) is 4. The van der Waals surface area contributed by atoms with Crippen molar-refractivity contribution in [2.75, 3.05) is 13.1 Å². The summed E-state index contributed by atoms with van der Waals surface area (Å²) in [5, 5.41) is 10.5. The molecule has 2 N–H and O–H groups in total. The number of aromatic nitrogens is 4. The van der Waals surface area contributed by atoms with Gasteiger partial charge in [-0.1, -0.05) is 6.92 Å². The molecule has 2 unspecified atom stereocenters. The number of carbonyl (C=O) groups excluding carboxylic acids is 1. The molecule has 1 aliphatic rings. The summed E-state index contributed by atoms with van der Waals surface area (Å²) in [4.78, 5) is 20.5. The van der Waals surface area contributed by atoms with Crippen molar-refractivity contribution in [3.05, 3.63) is 23.8 Å². The molecule has 1 fully saturated rings. The van der Waals surface area contributed by atoms with Crippen molar-refractivity contribution < 1.29 is 4.79 Å². The summed E-state index contributed by atoms with van der Waals surface area (Å²) in [5.74, 6) is 0.835. The molecule has 0 bridgehead atoms. The van der Waals surface area contributed by atoms with E-state index in [0.717, 1.165) is 25.2 Å². The molecule has 2 aromatic rings. The van der Waals surface area contributed by atoms with Crippen LogP contribution in [0.5, 0.6) is 0 Å². The third kappa shape index (κ3) is 3.66. The third-order valence-corrected chi connectivity index (χ3v) is 3.78. The molecule has 0 saturated carbocycles. The van der Waals surface area contributed by atoms with Gasteiger partial charge in [0.15, 0.2) is 0 Å². The van der Waals surface area contributed by atoms with E-state index in [2.05, 4.69) is 32.6 Å². The molecule has 1 amide bonds. The van der Waals surface area contributed by atoms with Gasteiger partial charge in [-0.25, -0.2) is 9.50 Å². The maximum Gasteiger partial charge on any atom is 0.291 e. The van der Waals surface area contributed by atoms with E-state index < -0.39 is 0 Å². The topological polar surface area (TPSA) is 84.2 Å². The summed E-state index contributed by atoms with van der Waals surface area (Å²) in [5.41, 5.74) is 0.897. The van der Waals surface area contributed by atoms with Crippen LogP contribution in [0.2, 0.25) is 0 Å². The van der Waals surface area contributed by atoms with Crippen LogP contribution in [0.4, 0.5) is 0 Å². The van der Waals surface area contributed by atoms with Crippen LogP contribution in [0.15, 0.2) is 12.3 Å². The van der Waals surface area contributed by atoms with Crippen LogP contribution >= 0.6 is 24.8 Å². The number of nitrogens with one attached hydrogen (secondary N) is 2. The second-order valence-corrected chi connectivity index (χ2v) is 5.28. The van der Waals surface area contributed by atoms with E-state index in [1.807, 2.05) is 13.0 Å². The molecule has 2 aromatic heterocycles. The molecule has 0 aromatic carbocycles. The first-order valence-corrected chi connectivity index (χ1v) is 6.85. The second kappa shape index (κ2) is 7.71. The molecule has 1 aliphatic heterocycles. The molecule has 9 heteroatoms. The van der Waals surface area contributed by atoms with Crippen molar-refractivity contribution in [1.82, 2.24) is 30.2 Å². The number of hydrogen-bond donors (Lipinski definition) is 2. The van der Waals surface area contributed by atoms with Gasteiger partial charge < -0.3 is 10.6 Å². The molecule has 3 rings (SSSR count). The number of fused-ring (bicyclic) bond motifs is 1. The van der Waals surface area contributed by atoms with Crippen LogP contribution in [0, 0.1) is 12.8 Å². The minimum atomic E-state index is -0.240. The van der Waals surface area contributed by atoms with E-state index in [0.29, 0.717) is 11.7 Å². The van der Waals surface area contributed by atoms with E-state index >= 15 is 0 Å². The van der Waals surface area contributed by atoms with Crippen molar-refractivity contribution in [3.8, 4) is 0 Å². The van der Waals surface area contributed by atoms with Gasteiger partial charge in [-0.2, -0.15) is 4.98 Å². The maximum absolute atomic E-state index is 12.2. The minimum Gasteiger partial charge on any atom is -0.345 e. The monoisotopic (exact) mass is 346 g/mol. The van der Waals surface area contributed by atoms with Crippen LogP contribution in [0.1, 0.15) is 29.7 Å². The molecule has 0 radical (unpaired) electrons. The fourth-order valence-electron chi connectivity index (χ4n) is 2.42. The Hall–Kier alpha value is -1.44. The zero-order valence-electron chi connectivity index (χ0n) is 12.4. The number of rotatable bonds is 2. The Kier molecular flexibility index (Phi) is 6.52. The van der Waals surface area contributed by atoms with Crippen molar-refractivity contribution >= 4 is 36.5 Å². The molecule has 22 heavy (non-hydrogen) atoms. The standard InChI is InChI=1S/C13H18N6O.2ClH/c1-8-3-5-14-7-10(8)16-12(20)11-17-13-15-6-4-9(2)19(13)18-11;;/h4,6,8,10,14H,3,5,7H2,1-2H3,(H,16,20);2*1H. The molecule has 1 saturated heterocycles. The van der Waals surface area contributed by atoms with E-state index in [9.17, 15) is 4.79 Å². The lowest BCUT2D eigenvalue weighted by Crippen LogP contribution is -2.50. The number of halogens is 2. The molecule has 7 nitrogen and oxygen atoms in total. The zero-order valence-corrected chi connectivity index (χ0v) is 14.1. The second-order valence-electron chi connectivity index (χ2n) is 5.28. The Morgan fingerprint density at radius 2 is 2.23 bits per heavy atom. The lowest BCUT2D eigenvalue weighted by molar-refractivity contribution is 0.0905. The average molecular weight is 347 g/mol. The van der Waals surface area contributed by atoms with Crippen molar-refractivity contribution in [3.63, 3.8) is 0 Å². The van der Waals surface area contributed by atoms with Crippen LogP contribution in [-0.4, -0.2) is 44.6 Å². The number of piperidine rings is 1.